The molecule has 0 aliphatic carbocycles. The fourth-order valence-electron chi connectivity index (χ4n) is 4.42. The largest absolute Gasteiger partial charge is 0.336 e. The van der Waals surface area contributed by atoms with Crippen LogP contribution in [0.15, 0.2) is 42.5 Å². The third-order valence-electron chi connectivity index (χ3n) is 5.72. The third-order valence-corrected chi connectivity index (χ3v) is 5.96. The van der Waals surface area contributed by atoms with Crippen LogP contribution in [0.3, 0.4) is 0 Å². The lowest BCUT2D eigenvalue weighted by Crippen LogP contribution is -2.59. The topological polar surface area (TPSA) is 69.7 Å². The molecule has 156 valence electrons. The average molecular weight is 426 g/mol. The van der Waals surface area contributed by atoms with Gasteiger partial charge in [-0.05, 0) is 56.5 Å². The van der Waals surface area contributed by atoms with Gasteiger partial charge in [-0.15, -0.1) is 0 Å². The summed E-state index contributed by atoms with van der Waals surface area (Å²) >= 11 is 6.03. The number of urea groups is 1. The van der Waals surface area contributed by atoms with E-state index >= 15 is 0 Å². The van der Waals surface area contributed by atoms with E-state index in [-0.39, 0.29) is 24.9 Å². The Labute approximate surface area is 180 Å². The Bertz CT molecular complexity index is 1020. The molecule has 30 heavy (non-hydrogen) atoms. The Hall–Kier alpha value is -2.86. The molecule has 7 heteroatoms. The minimum absolute atomic E-state index is 0.115. The van der Waals surface area contributed by atoms with Gasteiger partial charge in [-0.1, -0.05) is 40.9 Å². The van der Waals surface area contributed by atoms with Gasteiger partial charge in [-0.3, -0.25) is 14.5 Å². The van der Waals surface area contributed by atoms with Crippen LogP contribution >= 0.6 is 11.6 Å². The van der Waals surface area contributed by atoms with Crippen molar-refractivity contribution < 1.29 is 14.4 Å². The highest BCUT2D eigenvalue weighted by Crippen LogP contribution is 2.30. The van der Waals surface area contributed by atoms with E-state index in [0.29, 0.717) is 30.0 Å². The van der Waals surface area contributed by atoms with Gasteiger partial charge in [0, 0.05) is 17.1 Å². The molecule has 2 aliphatic rings. The van der Waals surface area contributed by atoms with Crippen LogP contribution in [0.1, 0.15) is 39.9 Å². The molecule has 6 nitrogen and oxygen atoms in total. The van der Waals surface area contributed by atoms with Crippen LogP contribution in [-0.4, -0.2) is 46.3 Å². The number of nitrogens with zero attached hydrogens (tertiary/aromatic N) is 2. The number of nitrogens with one attached hydrogen (secondary N) is 1. The van der Waals surface area contributed by atoms with Gasteiger partial charge in [0.1, 0.15) is 5.54 Å². The lowest BCUT2D eigenvalue weighted by molar-refractivity contribution is -0.133. The Morgan fingerprint density at radius 3 is 2.57 bits per heavy atom. The van der Waals surface area contributed by atoms with Crippen molar-refractivity contribution in [3.05, 3.63) is 69.7 Å². The lowest BCUT2D eigenvalue weighted by Gasteiger charge is -2.38. The molecule has 2 fully saturated rings. The maximum Gasteiger partial charge on any atom is 0.325 e. The summed E-state index contributed by atoms with van der Waals surface area (Å²) in [6.45, 7) is 4.80. The van der Waals surface area contributed by atoms with Gasteiger partial charge < -0.3 is 10.2 Å². The van der Waals surface area contributed by atoms with Gasteiger partial charge in [0.05, 0.1) is 13.1 Å². The molecule has 0 unspecified atom stereocenters. The van der Waals surface area contributed by atoms with Gasteiger partial charge in [-0.25, -0.2) is 4.79 Å². The van der Waals surface area contributed by atoms with Crippen LogP contribution in [0, 0.1) is 13.8 Å². The SMILES string of the molecule is Cc1cc(C)cc(C(=O)N2CCC[C@@]3(C2)NC(=O)N(Cc2cccc(Cl)c2)C3=O)c1. The molecule has 2 aromatic carbocycles. The number of likely N-dealkylation sites (tertiary alicyclic amines) is 1. The summed E-state index contributed by atoms with van der Waals surface area (Å²) in [5.74, 6) is -0.401. The van der Waals surface area contributed by atoms with E-state index < -0.39 is 11.6 Å². The molecule has 4 amide bonds. The first kappa shape index (κ1) is 20.4. The number of hydrogen-bond donors (Lipinski definition) is 1. The van der Waals surface area contributed by atoms with E-state index in [1.165, 1.54) is 4.90 Å². The van der Waals surface area contributed by atoms with E-state index in [4.69, 9.17) is 11.6 Å². The van der Waals surface area contributed by atoms with Crippen LogP contribution in [0.4, 0.5) is 4.79 Å². The maximum absolute atomic E-state index is 13.3. The summed E-state index contributed by atoms with van der Waals surface area (Å²) in [7, 11) is 0. The number of halogens is 1. The summed E-state index contributed by atoms with van der Waals surface area (Å²) in [5, 5.41) is 3.43. The van der Waals surface area contributed by atoms with Crippen molar-refractivity contribution in [2.75, 3.05) is 13.1 Å². The molecule has 2 heterocycles. The van der Waals surface area contributed by atoms with E-state index in [1.807, 2.05) is 38.1 Å². The van der Waals surface area contributed by atoms with Gasteiger partial charge in [0.2, 0.25) is 0 Å². The summed E-state index contributed by atoms with van der Waals surface area (Å²) in [4.78, 5) is 41.9. The molecule has 1 spiro atoms. The third kappa shape index (κ3) is 3.79. The van der Waals surface area contributed by atoms with Crippen molar-refractivity contribution in [1.82, 2.24) is 15.1 Å². The quantitative estimate of drug-likeness (QED) is 0.762. The first-order valence-electron chi connectivity index (χ1n) is 10.0. The molecule has 2 aliphatic heterocycles. The fraction of sp³-hybridized carbons (Fsp3) is 0.348. The number of carbonyl (C=O) groups excluding carboxylic acids is 3. The van der Waals surface area contributed by atoms with Crippen molar-refractivity contribution in [2.45, 2.75) is 38.8 Å². The predicted octanol–water partition coefficient (Wildman–Crippen LogP) is 3.68. The molecule has 4 rings (SSSR count). The molecular weight excluding hydrogens is 402 g/mol. The van der Waals surface area contributed by atoms with Crippen LogP contribution in [-0.2, 0) is 11.3 Å². The van der Waals surface area contributed by atoms with Crippen LogP contribution in [0.2, 0.25) is 5.02 Å². The Morgan fingerprint density at radius 2 is 1.87 bits per heavy atom. The zero-order valence-corrected chi connectivity index (χ0v) is 17.8. The Morgan fingerprint density at radius 1 is 1.13 bits per heavy atom. The fourth-order valence-corrected chi connectivity index (χ4v) is 4.64. The number of benzene rings is 2. The van der Waals surface area contributed by atoms with Crippen molar-refractivity contribution in [3.63, 3.8) is 0 Å². The van der Waals surface area contributed by atoms with Crippen molar-refractivity contribution in [3.8, 4) is 0 Å². The summed E-state index contributed by atoms with van der Waals surface area (Å²) in [5.41, 5.74) is 2.35. The minimum Gasteiger partial charge on any atom is -0.336 e. The number of rotatable bonds is 3. The highest BCUT2D eigenvalue weighted by atomic mass is 35.5. The Balaban J connectivity index is 1.54. The number of imide groups is 1. The number of carbonyl (C=O) groups is 3. The van der Waals surface area contributed by atoms with Crippen molar-refractivity contribution in [2.24, 2.45) is 0 Å². The smallest absolute Gasteiger partial charge is 0.325 e. The summed E-state index contributed by atoms with van der Waals surface area (Å²) < 4.78 is 0. The monoisotopic (exact) mass is 425 g/mol. The zero-order chi connectivity index (χ0) is 21.5. The molecule has 0 bridgehead atoms. The molecule has 2 aromatic rings. The number of aryl methyl sites for hydroxylation is 2. The lowest BCUT2D eigenvalue weighted by atomic mass is 9.88. The average Bonchev–Trinajstić information content (AvgIpc) is 2.90. The maximum atomic E-state index is 13.3. The summed E-state index contributed by atoms with van der Waals surface area (Å²) in [6.07, 6.45) is 1.16. The van der Waals surface area contributed by atoms with Crippen LogP contribution in [0.25, 0.3) is 0 Å². The van der Waals surface area contributed by atoms with E-state index in [9.17, 15) is 14.4 Å². The van der Waals surface area contributed by atoms with E-state index in [0.717, 1.165) is 16.7 Å². The minimum atomic E-state index is -1.07. The second-order valence-corrected chi connectivity index (χ2v) is 8.68. The highest BCUT2D eigenvalue weighted by molar-refractivity contribution is 6.30. The standard InChI is InChI=1S/C23H24ClN3O3/c1-15-9-16(2)11-18(10-15)20(28)26-8-4-7-23(14-26)21(29)27(22(30)25-23)13-17-5-3-6-19(24)12-17/h3,5-6,9-12H,4,7-8,13-14H2,1-2H3,(H,25,30)/t23-/m0/s1. The molecule has 2 saturated heterocycles. The number of piperidine rings is 1. The molecule has 0 aromatic heterocycles. The second kappa shape index (κ2) is 7.76. The van der Waals surface area contributed by atoms with Crippen molar-refractivity contribution >= 4 is 29.4 Å². The molecule has 0 radical (unpaired) electrons. The molecule has 1 N–H and O–H groups in total. The predicted molar refractivity (Wildman–Crippen MR) is 114 cm³/mol. The first-order chi connectivity index (χ1) is 14.3. The molecular formula is C23H24ClN3O3. The van der Waals surface area contributed by atoms with Crippen LogP contribution in [0.5, 0.6) is 0 Å². The Kier molecular flexibility index (Phi) is 5.28. The number of hydrogen-bond acceptors (Lipinski definition) is 3. The van der Waals surface area contributed by atoms with Gasteiger partial charge >= 0.3 is 6.03 Å². The van der Waals surface area contributed by atoms with E-state index in [2.05, 4.69) is 5.32 Å². The summed E-state index contributed by atoms with van der Waals surface area (Å²) in [6, 6.07) is 12.4. The normalized spacial score (nSPS) is 21.3. The van der Waals surface area contributed by atoms with Gasteiger partial charge in [0.15, 0.2) is 0 Å². The van der Waals surface area contributed by atoms with Gasteiger partial charge in [-0.2, -0.15) is 0 Å². The zero-order valence-electron chi connectivity index (χ0n) is 17.1. The van der Waals surface area contributed by atoms with Crippen molar-refractivity contribution in [1.29, 1.82) is 0 Å². The second-order valence-electron chi connectivity index (χ2n) is 8.24. The number of amides is 4. The molecule has 1 atom stereocenters. The van der Waals surface area contributed by atoms with Gasteiger partial charge in [0.25, 0.3) is 11.8 Å². The molecule has 0 saturated carbocycles. The first-order valence-corrected chi connectivity index (χ1v) is 10.4. The highest BCUT2D eigenvalue weighted by Gasteiger charge is 2.53. The van der Waals surface area contributed by atoms with E-state index in [1.54, 1.807) is 23.1 Å². The van der Waals surface area contributed by atoms with Crippen LogP contribution < -0.4 is 5.32 Å².